The molecular weight excluding hydrogens is 443 g/mol. The molecule has 1 atom stereocenters. The highest BCUT2D eigenvalue weighted by atomic mass is 35.5. The molecule has 0 aliphatic carbocycles. The standard InChI is InChI=1S/C21H23Cl2N4O2S/c1-12-20(13(2)27(3)25-12)26-30(28,29)21-18(22)9-15(10-19(21)23)16-6-4-5-14-11-24-8-7-17(14)16/h4-6,9-10,20,24,26H,7-8,11H2,1-3H3/q+1. The van der Waals surface area contributed by atoms with E-state index in [4.69, 9.17) is 23.2 Å². The highest BCUT2D eigenvalue weighted by Gasteiger charge is 2.36. The van der Waals surface area contributed by atoms with E-state index in [2.05, 4.69) is 21.2 Å². The monoisotopic (exact) mass is 465 g/mol. The second-order valence-corrected chi connectivity index (χ2v) is 10.1. The SMILES string of the molecule is CC1=N[N+](C)=C(C)C1NS(=O)(=O)c1c(Cl)cc(-c2cccc3c2CCNC3)cc1Cl. The largest absolute Gasteiger partial charge is 0.312 e. The van der Waals surface area contributed by atoms with Crippen LogP contribution >= 0.6 is 23.2 Å². The number of nitrogens with one attached hydrogen (secondary N) is 2. The van der Waals surface area contributed by atoms with Gasteiger partial charge in [0, 0.05) is 13.5 Å². The Hall–Kier alpha value is -1.77. The maximum atomic E-state index is 13.1. The van der Waals surface area contributed by atoms with Crippen LogP contribution in [0.2, 0.25) is 10.0 Å². The number of sulfonamides is 1. The maximum Gasteiger partial charge on any atom is 0.244 e. The summed E-state index contributed by atoms with van der Waals surface area (Å²) in [5.74, 6) is 0. The molecule has 2 aromatic carbocycles. The van der Waals surface area contributed by atoms with E-state index in [0.29, 0.717) is 5.71 Å². The quantitative estimate of drug-likeness (QED) is 0.679. The van der Waals surface area contributed by atoms with Crippen molar-refractivity contribution in [2.75, 3.05) is 13.6 Å². The molecule has 0 saturated heterocycles. The number of benzene rings is 2. The van der Waals surface area contributed by atoms with Crippen LogP contribution in [0.5, 0.6) is 0 Å². The second-order valence-electron chi connectivity index (χ2n) is 7.60. The number of nitrogens with zero attached hydrogens (tertiary/aromatic N) is 2. The highest BCUT2D eigenvalue weighted by Crippen LogP contribution is 2.37. The Labute approximate surface area is 186 Å². The first-order chi connectivity index (χ1) is 14.2. The minimum Gasteiger partial charge on any atom is -0.312 e. The van der Waals surface area contributed by atoms with Gasteiger partial charge in [-0.25, -0.2) is 8.42 Å². The van der Waals surface area contributed by atoms with Gasteiger partial charge in [-0.2, -0.15) is 4.72 Å². The summed E-state index contributed by atoms with van der Waals surface area (Å²) in [7, 11) is -2.19. The predicted octanol–water partition coefficient (Wildman–Crippen LogP) is 3.45. The lowest BCUT2D eigenvalue weighted by atomic mass is 9.91. The van der Waals surface area contributed by atoms with Crippen molar-refractivity contribution in [2.24, 2.45) is 5.10 Å². The molecule has 0 bridgehead atoms. The third-order valence-corrected chi connectivity index (χ3v) is 7.99. The highest BCUT2D eigenvalue weighted by molar-refractivity contribution is 7.89. The number of halogens is 2. The van der Waals surface area contributed by atoms with E-state index in [0.717, 1.165) is 36.3 Å². The molecule has 0 amide bonds. The number of hydrazone groups is 1. The van der Waals surface area contributed by atoms with Crippen LogP contribution in [-0.4, -0.2) is 44.2 Å². The Bertz CT molecular complexity index is 1180. The maximum absolute atomic E-state index is 13.1. The minimum atomic E-state index is -3.96. The third-order valence-electron chi connectivity index (χ3n) is 5.65. The molecule has 6 nitrogen and oxygen atoms in total. The van der Waals surface area contributed by atoms with Crippen molar-refractivity contribution in [1.29, 1.82) is 0 Å². The van der Waals surface area contributed by atoms with Gasteiger partial charge >= 0.3 is 0 Å². The summed E-state index contributed by atoms with van der Waals surface area (Å²) in [6.45, 7) is 5.31. The summed E-state index contributed by atoms with van der Waals surface area (Å²) < 4.78 is 30.6. The molecule has 0 fully saturated rings. The second kappa shape index (κ2) is 8.05. The fourth-order valence-corrected chi connectivity index (χ4v) is 6.52. The van der Waals surface area contributed by atoms with E-state index >= 15 is 0 Å². The lowest BCUT2D eigenvalue weighted by molar-refractivity contribution is -0.500. The van der Waals surface area contributed by atoms with Gasteiger partial charge in [-0.3, -0.25) is 0 Å². The van der Waals surface area contributed by atoms with Crippen LogP contribution < -0.4 is 10.0 Å². The molecule has 4 rings (SSSR count). The fraction of sp³-hybridized carbons (Fsp3) is 0.333. The van der Waals surface area contributed by atoms with E-state index in [1.807, 2.05) is 19.1 Å². The smallest absolute Gasteiger partial charge is 0.244 e. The number of hydrogen-bond donors (Lipinski definition) is 2. The Kier molecular flexibility index (Phi) is 5.76. The number of hydrogen-bond acceptors (Lipinski definition) is 4. The molecule has 9 heteroatoms. The molecular formula is C21H23Cl2N4O2S+. The van der Waals surface area contributed by atoms with Crippen LogP contribution in [0.15, 0.2) is 40.3 Å². The molecule has 2 N–H and O–H groups in total. The van der Waals surface area contributed by atoms with Gasteiger partial charge in [-0.05, 0) is 59.4 Å². The van der Waals surface area contributed by atoms with Gasteiger partial charge in [-0.1, -0.05) is 46.1 Å². The van der Waals surface area contributed by atoms with Gasteiger partial charge in [0.05, 0.1) is 10.0 Å². The predicted molar refractivity (Wildman–Crippen MR) is 121 cm³/mol. The molecule has 0 aromatic heterocycles. The van der Waals surface area contributed by atoms with E-state index in [-0.39, 0.29) is 14.9 Å². The van der Waals surface area contributed by atoms with Gasteiger partial charge in [0.15, 0.2) is 7.05 Å². The van der Waals surface area contributed by atoms with Crippen LogP contribution in [0.3, 0.4) is 0 Å². The van der Waals surface area contributed by atoms with Crippen molar-refractivity contribution in [1.82, 2.24) is 10.0 Å². The molecule has 0 saturated carbocycles. The van der Waals surface area contributed by atoms with Crippen molar-refractivity contribution >= 4 is 44.6 Å². The summed E-state index contributed by atoms with van der Waals surface area (Å²) in [4.78, 5) is -0.115. The topological polar surface area (TPSA) is 73.6 Å². The zero-order valence-electron chi connectivity index (χ0n) is 17.0. The van der Waals surface area contributed by atoms with Crippen LogP contribution in [0.4, 0.5) is 0 Å². The van der Waals surface area contributed by atoms with Crippen LogP contribution in [-0.2, 0) is 23.0 Å². The number of rotatable bonds is 4. The molecule has 0 spiro atoms. The lowest BCUT2D eigenvalue weighted by Gasteiger charge is -2.21. The molecule has 2 aliphatic rings. The van der Waals surface area contributed by atoms with Crippen molar-refractivity contribution in [3.05, 3.63) is 51.5 Å². The lowest BCUT2D eigenvalue weighted by Crippen LogP contribution is -2.43. The summed E-state index contributed by atoms with van der Waals surface area (Å²) in [6.07, 6.45) is 0.894. The summed E-state index contributed by atoms with van der Waals surface area (Å²) in [5, 5.41) is 7.83. The van der Waals surface area contributed by atoms with Gasteiger partial charge in [0.25, 0.3) is 0 Å². The molecule has 2 aromatic rings. The average Bonchev–Trinajstić information content (AvgIpc) is 2.92. The first-order valence-electron chi connectivity index (χ1n) is 9.64. The van der Waals surface area contributed by atoms with Gasteiger partial charge < -0.3 is 5.32 Å². The summed E-state index contributed by atoms with van der Waals surface area (Å²) in [5.41, 5.74) is 5.75. The molecule has 2 heterocycles. The Morgan fingerprint density at radius 3 is 2.53 bits per heavy atom. The van der Waals surface area contributed by atoms with Gasteiger partial charge in [0.2, 0.25) is 15.7 Å². The van der Waals surface area contributed by atoms with Gasteiger partial charge in [-0.15, -0.1) is 0 Å². The van der Waals surface area contributed by atoms with Crippen molar-refractivity contribution < 1.29 is 13.1 Å². The van der Waals surface area contributed by atoms with Crippen LogP contribution in [0.25, 0.3) is 11.1 Å². The Morgan fingerprint density at radius 2 is 1.90 bits per heavy atom. The van der Waals surface area contributed by atoms with E-state index < -0.39 is 16.1 Å². The molecule has 2 aliphatic heterocycles. The Morgan fingerprint density at radius 1 is 1.20 bits per heavy atom. The van der Waals surface area contributed by atoms with Crippen LogP contribution in [0.1, 0.15) is 25.0 Å². The van der Waals surface area contributed by atoms with Crippen molar-refractivity contribution in [3.8, 4) is 11.1 Å². The molecule has 158 valence electrons. The minimum absolute atomic E-state index is 0.0927. The zero-order valence-corrected chi connectivity index (χ0v) is 19.3. The average molecular weight is 466 g/mol. The Balaban J connectivity index is 1.73. The first-order valence-corrected chi connectivity index (χ1v) is 11.9. The summed E-state index contributed by atoms with van der Waals surface area (Å²) in [6, 6.07) is 8.94. The third kappa shape index (κ3) is 3.81. The van der Waals surface area contributed by atoms with Crippen molar-refractivity contribution in [3.63, 3.8) is 0 Å². The van der Waals surface area contributed by atoms with Gasteiger partial charge in [0.1, 0.15) is 16.6 Å². The van der Waals surface area contributed by atoms with E-state index in [1.165, 1.54) is 11.1 Å². The molecule has 30 heavy (non-hydrogen) atoms. The zero-order chi connectivity index (χ0) is 21.6. The molecule has 1 unspecified atom stereocenters. The fourth-order valence-electron chi connectivity index (χ4n) is 4.02. The first kappa shape index (κ1) is 21.5. The molecule has 0 radical (unpaired) electrons. The van der Waals surface area contributed by atoms with Crippen LogP contribution in [0, 0.1) is 0 Å². The summed E-state index contributed by atoms with van der Waals surface area (Å²) >= 11 is 13.0. The van der Waals surface area contributed by atoms with E-state index in [1.54, 1.807) is 30.8 Å². The van der Waals surface area contributed by atoms with Crippen molar-refractivity contribution in [2.45, 2.75) is 37.8 Å². The van der Waals surface area contributed by atoms with E-state index in [9.17, 15) is 8.42 Å². The number of fused-ring (bicyclic) bond motifs is 1. The normalized spacial score (nSPS) is 19.1.